The van der Waals surface area contributed by atoms with E-state index >= 15 is 0 Å². The van der Waals surface area contributed by atoms with Gasteiger partial charge in [-0.05, 0) is 55.3 Å². The summed E-state index contributed by atoms with van der Waals surface area (Å²) in [5.41, 5.74) is 3.23. The van der Waals surface area contributed by atoms with E-state index in [2.05, 4.69) is 20.2 Å². The second kappa shape index (κ2) is 8.84. The van der Waals surface area contributed by atoms with Gasteiger partial charge in [0.1, 0.15) is 11.3 Å². The first kappa shape index (κ1) is 20.8. The Bertz CT molecular complexity index is 1250. The van der Waals surface area contributed by atoms with Gasteiger partial charge in [-0.25, -0.2) is 9.97 Å². The first-order valence-corrected chi connectivity index (χ1v) is 11.2. The van der Waals surface area contributed by atoms with E-state index < -0.39 is 0 Å². The number of imidazole rings is 1. The molecule has 2 N–H and O–H groups in total. The van der Waals surface area contributed by atoms with Gasteiger partial charge in [0, 0.05) is 17.4 Å². The number of methoxy groups -OCH3 is 1. The Kier molecular flexibility index (Phi) is 5.76. The maximum absolute atomic E-state index is 6.20. The molecular formula is C23H22Cl2N6O. The van der Waals surface area contributed by atoms with Crippen LogP contribution in [0.3, 0.4) is 0 Å². The summed E-state index contributed by atoms with van der Waals surface area (Å²) in [6, 6.07) is 13.4. The first-order chi connectivity index (χ1) is 15.6. The lowest BCUT2D eigenvalue weighted by Crippen LogP contribution is -2.10. The van der Waals surface area contributed by atoms with Gasteiger partial charge in [-0.3, -0.25) is 4.57 Å². The summed E-state index contributed by atoms with van der Waals surface area (Å²) in [6.45, 7) is 0. The molecule has 0 aliphatic heterocycles. The predicted octanol–water partition coefficient (Wildman–Crippen LogP) is 6.74. The van der Waals surface area contributed by atoms with Crippen LogP contribution in [0, 0.1) is 0 Å². The molecule has 0 radical (unpaired) electrons. The fraction of sp³-hybridized carbons (Fsp3) is 0.261. The second-order valence-corrected chi connectivity index (χ2v) is 8.57. The topological polar surface area (TPSA) is 76.9 Å². The minimum absolute atomic E-state index is 0.328. The molecule has 0 saturated heterocycles. The van der Waals surface area contributed by atoms with Crippen molar-refractivity contribution in [2.24, 2.45) is 0 Å². The number of rotatable bonds is 6. The minimum Gasteiger partial charge on any atom is -0.497 e. The van der Waals surface area contributed by atoms with Gasteiger partial charge in [0.2, 0.25) is 11.9 Å². The number of benzene rings is 2. The molecule has 0 bridgehead atoms. The van der Waals surface area contributed by atoms with Crippen molar-refractivity contribution >= 4 is 57.6 Å². The van der Waals surface area contributed by atoms with Crippen LogP contribution in [-0.4, -0.2) is 26.6 Å². The molecule has 1 aliphatic carbocycles. The van der Waals surface area contributed by atoms with Crippen LogP contribution < -0.4 is 15.4 Å². The minimum atomic E-state index is 0.328. The molecule has 0 amide bonds. The van der Waals surface area contributed by atoms with Crippen LogP contribution in [0.5, 0.6) is 5.75 Å². The molecule has 2 aromatic carbocycles. The van der Waals surface area contributed by atoms with E-state index in [4.69, 9.17) is 37.9 Å². The highest BCUT2D eigenvalue weighted by atomic mass is 35.5. The van der Waals surface area contributed by atoms with Gasteiger partial charge >= 0.3 is 0 Å². The molecule has 2 aromatic heterocycles. The summed E-state index contributed by atoms with van der Waals surface area (Å²) < 4.78 is 7.41. The molecule has 1 aliphatic rings. The summed E-state index contributed by atoms with van der Waals surface area (Å²) >= 11 is 12.3. The number of fused-ring (bicyclic) bond motifs is 1. The average Bonchev–Trinajstić information content (AvgIpc) is 3.44. The number of hydrogen-bond acceptors (Lipinski definition) is 6. The molecular weight excluding hydrogens is 447 g/mol. The molecule has 0 unspecified atom stereocenters. The van der Waals surface area contributed by atoms with Crippen LogP contribution >= 0.6 is 23.2 Å². The van der Waals surface area contributed by atoms with Crippen molar-refractivity contribution in [1.82, 2.24) is 19.5 Å². The lowest BCUT2D eigenvalue weighted by molar-refractivity contribution is 0.415. The van der Waals surface area contributed by atoms with Gasteiger partial charge < -0.3 is 15.4 Å². The van der Waals surface area contributed by atoms with Crippen molar-refractivity contribution < 1.29 is 4.74 Å². The van der Waals surface area contributed by atoms with E-state index in [1.54, 1.807) is 25.4 Å². The van der Waals surface area contributed by atoms with Crippen LogP contribution in [0.25, 0.3) is 11.2 Å². The van der Waals surface area contributed by atoms with Crippen LogP contribution in [-0.2, 0) is 0 Å². The smallest absolute Gasteiger partial charge is 0.229 e. The molecule has 0 spiro atoms. The molecule has 2 heterocycles. The van der Waals surface area contributed by atoms with E-state index in [0.29, 0.717) is 22.0 Å². The molecule has 5 rings (SSSR count). The van der Waals surface area contributed by atoms with E-state index in [1.165, 1.54) is 12.8 Å². The van der Waals surface area contributed by atoms with Crippen molar-refractivity contribution in [2.45, 2.75) is 31.7 Å². The van der Waals surface area contributed by atoms with E-state index in [0.717, 1.165) is 47.1 Å². The summed E-state index contributed by atoms with van der Waals surface area (Å²) in [5.74, 6) is 2.04. The normalized spacial score (nSPS) is 14.1. The van der Waals surface area contributed by atoms with Crippen molar-refractivity contribution in [2.75, 3.05) is 17.7 Å². The largest absolute Gasteiger partial charge is 0.497 e. The first-order valence-electron chi connectivity index (χ1n) is 10.5. The Labute approximate surface area is 195 Å². The highest BCUT2D eigenvalue weighted by molar-refractivity contribution is 6.42. The Morgan fingerprint density at radius 1 is 0.938 bits per heavy atom. The van der Waals surface area contributed by atoms with Gasteiger partial charge in [-0.15, -0.1) is 0 Å². The van der Waals surface area contributed by atoms with Crippen molar-refractivity contribution in [3.05, 3.63) is 58.7 Å². The van der Waals surface area contributed by atoms with Crippen LogP contribution in [0.1, 0.15) is 31.7 Å². The SMILES string of the molecule is COc1ccc(Nc2ncc3nc(Nc4ccc(Cl)c(Cl)c4)n(C4CCCC4)c3n2)cc1. The van der Waals surface area contributed by atoms with Gasteiger partial charge in [0.05, 0.1) is 23.4 Å². The molecule has 0 atom stereocenters. The molecule has 1 saturated carbocycles. The van der Waals surface area contributed by atoms with Crippen molar-refractivity contribution in [3.63, 3.8) is 0 Å². The zero-order valence-corrected chi connectivity index (χ0v) is 19.0. The monoisotopic (exact) mass is 468 g/mol. The number of nitrogens with one attached hydrogen (secondary N) is 2. The van der Waals surface area contributed by atoms with Crippen LogP contribution in [0.15, 0.2) is 48.7 Å². The van der Waals surface area contributed by atoms with Crippen LogP contribution in [0.4, 0.5) is 23.3 Å². The van der Waals surface area contributed by atoms with E-state index in [9.17, 15) is 0 Å². The lowest BCUT2D eigenvalue weighted by Gasteiger charge is -2.17. The Hall–Kier alpha value is -3.03. The molecule has 164 valence electrons. The number of halogens is 2. The van der Waals surface area contributed by atoms with Gasteiger partial charge in [0.15, 0.2) is 5.65 Å². The van der Waals surface area contributed by atoms with E-state index in [-0.39, 0.29) is 0 Å². The maximum atomic E-state index is 6.20. The number of ether oxygens (including phenoxy) is 1. The fourth-order valence-corrected chi connectivity index (χ4v) is 4.35. The van der Waals surface area contributed by atoms with Gasteiger partial charge in [0.25, 0.3) is 0 Å². The Balaban J connectivity index is 1.51. The summed E-state index contributed by atoms with van der Waals surface area (Å²) in [5, 5.41) is 7.67. The predicted molar refractivity (Wildman–Crippen MR) is 129 cm³/mol. The van der Waals surface area contributed by atoms with E-state index in [1.807, 2.05) is 30.3 Å². The fourth-order valence-electron chi connectivity index (χ4n) is 4.05. The quantitative estimate of drug-likeness (QED) is 0.326. The van der Waals surface area contributed by atoms with Crippen molar-refractivity contribution in [1.29, 1.82) is 0 Å². The number of nitrogens with zero attached hydrogens (tertiary/aromatic N) is 4. The zero-order chi connectivity index (χ0) is 22.1. The van der Waals surface area contributed by atoms with Crippen LogP contribution in [0.2, 0.25) is 10.0 Å². The number of aromatic nitrogens is 4. The Morgan fingerprint density at radius 2 is 1.69 bits per heavy atom. The molecule has 7 nitrogen and oxygen atoms in total. The van der Waals surface area contributed by atoms with Crippen molar-refractivity contribution in [3.8, 4) is 5.75 Å². The second-order valence-electron chi connectivity index (χ2n) is 7.75. The molecule has 4 aromatic rings. The molecule has 9 heteroatoms. The molecule has 32 heavy (non-hydrogen) atoms. The third-order valence-corrected chi connectivity index (χ3v) is 6.38. The van der Waals surface area contributed by atoms with Gasteiger partial charge in [-0.2, -0.15) is 4.98 Å². The summed E-state index contributed by atoms with van der Waals surface area (Å²) in [6.07, 6.45) is 6.32. The number of anilines is 4. The third kappa shape index (κ3) is 4.18. The highest BCUT2D eigenvalue weighted by Gasteiger charge is 2.24. The highest BCUT2D eigenvalue weighted by Crippen LogP contribution is 2.36. The maximum Gasteiger partial charge on any atom is 0.229 e. The lowest BCUT2D eigenvalue weighted by atomic mass is 10.2. The van der Waals surface area contributed by atoms with Gasteiger partial charge in [-0.1, -0.05) is 36.0 Å². The molecule has 1 fully saturated rings. The summed E-state index contributed by atoms with van der Waals surface area (Å²) in [4.78, 5) is 14.1. The third-order valence-electron chi connectivity index (χ3n) is 5.64. The standard InChI is InChI=1S/C23H22Cl2N6O/c1-32-17-9-6-14(7-10-17)27-22-26-13-20-21(30-22)31(16-4-2-3-5-16)23(29-20)28-15-8-11-18(24)19(25)12-15/h6-13,16H,2-5H2,1H3,(H,28,29)(H,26,27,30). The Morgan fingerprint density at radius 3 is 2.41 bits per heavy atom. The number of hydrogen-bond donors (Lipinski definition) is 2. The zero-order valence-electron chi connectivity index (χ0n) is 17.5. The summed E-state index contributed by atoms with van der Waals surface area (Å²) in [7, 11) is 1.65. The average molecular weight is 469 g/mol.